The van der Waals surface area contributed by atoms with E-state index in [4.69, 9.17) is 4.42 Å². The van der Waals surface area contributed by atoms with Crippen LogP contribution in [0.2, 0.25) is 0 Å². The molecule has 0 saturated carbocycles. The Morgan fingerprint density at radius 2 is 1.92 bits per heavy atom. The molecule has 5 nitrogen and oxygen atoms in total. The Morgan fingerprint density at radius 3 is 2.56 bits per heavy atom. The molecule has 0 radical (unpaired) electrons. The van der Waals surface area contributed by atoms with E-state index in [1.54, 1.807) is 24.3 Å². The van der Waals surface area contributed by atoms with Gasteiger partial charge in [0.1, 0.15) is 11.6 Å². The van der Waals surface area contributed by atoms with Gasteiger partial charge in [-0.3, -0.25) is 9.59 Å². The van der Waals surface area contributed by atoms with Gasteiger partial charge >= 0.3 is 0 Å². The first kappa shape index (κ1) is 18.4. The molecule has 2 aromatic rings. The second-order valence-corrected chi connectivity index (χ2v) is 6.30. The van der Waals surface area contributed by atoms with Crippen LogP contribution in [0.4, 0.5) is 4.39 Å². The van der Waals surface area contributed by atoms with Gasteiger partial charge in [-0.2, -0.15) is 0 Å². The lowest BCUT2D eigenvalue weighted by atomic mass is 9.95. The molecule has 1 aromatic heterocycles. The number of hydrogen-bond donors (Lipinski definition) is 2. The minimum atomic E-state index is -0.524. The predicted molar refractivity (Wildman–Crippen MR) is 93.1 cm³/mol. The van der Waals surface area contributed by atoms with Crippen LogP contribution < -0.4 is 10.6 Å². The summed E-state index contributed by atoms with van der Waals surface area (Å²) in [6, 6.07) is 9.58. The lowest BCUT2D eigenvalue weighted by molar-refractivity contribution is -0.125. The molecule has 6 heteroatoms. The number of furan rings is 1. The fourth-order valence-corrected chi connectivity index (χ4v) is 2.35. The van der Waals surface area contributed by atoms with Crippen molar-refractivity contribution in [2.24, 2.45) is 0 Å². The van der Waals surface area contributed by atoms with Gasteiger partial charge in [-0.1, -0.05) is 12.1 Å². The highest BCUT2D eigenvalue weighted by Crippen LogP contribution is 2.13. The molecule has 0 unspecified atom stereocenters. The monoisotopic (exact) mass is 344 g/mol. The third-order valence-corrected chi connectivity index (χ3v) is 3.40. The molecule has 0 aliphatic rings. The summed E-state index contributed by atoms with van der Waals surface area (Å²) in [5.74, 6) is -0.425. The molecule has 2 amide bonds. The van der Waals surface area contributed by atoms with Gasteiger partial charge in [-0.15, -0.1) is 0 Å². The first-order chi connectivity index (χ1) is 11.8. The van der Waals surface area contributed by atoms with Crippen molar-refractivity contribution in [2.75, 3.05) is 6.54 Å². The second kappa shape index (κ2) is 8.28. The summed E-state index contributed by atoms with van der Waals surface area (Å²) in [6.45, 7) is 3.61. The van der Waals surface area contributed by atoms with Gasteiger partial charge < -0.3 is 15.1 Å². The van der Waals surface area contributed by atoms with E-state index in [1.807, 2.05) is 13.8 Å². The zero-order valence-electron chi connectivity index (χ0n) is 14.2. The van der Waals surface area contributed by atoms with E-state index in [2.05, 4.69) is 10.6 Å². The van der Waals surface area contributed by atoms with Crippen LogP contribution >= 0.6 is 0 Å². The average molecular weight is 344 g/mol. The number of carbonyl (C=O) groups excluding carboxylic acids is 2. The molecular formula is C19H21FN2O3. The van der Waals surface area contributed by atoms with Gasteiger partial charge in [0, 0.05) is 11.6 Å². The van der Waals surface area contributed by atoms with Gasteiger partial charge in [0.25, 0.3) is 0 Å². The molecule has 0 aliphatic carbocycles. The third kappa shape index (κ3) is 6.63. The maximum atomic E-state index is 12.9. The molecule has 132 valence electrons. The van der Waals surface area contributed by atoms with Crippen molar-refractivity contribution in [2.45, 2.75) is 25.8 Å². The number of rotatable bonds is 7. The quantitative estimate of drug-likeness (QED) is 0.759. The summed E-state index contributed by atoms with van der Waals surface area (Å²) in [4.78, 5) is 23.7. The molecule has 0 bridgehead atoms. The number of amides is 2. The van der Waals surface area contributed by atoms with Gasteiger partial charge in [-0.05, 0) is 56.2 Å². The average Bonchev–Trinajstić information content (AvgIpc) is 3.06. The normalized spacial score (nSPS) is 11.5. The summed E-state index contributed by atoms with van der Waals surface area (Å²) < 4.78 is 18.0. The van der Waals surface area contributed by atoms with Crippen molar-refractivity contribution >= 4 is 17.9 Å². The van der Waals surface area contributed by atoms with E-state index in [1.165, 1.54) is 30.5 Å². The molecular weight excluding hydrogens is 323 g/mol. The highest BCUT2D eigenvalue weighted by Gasteiger charge is 2.21. The van der Waals surface area contributed by atoms with Crippen molar-refractivity contribution < 1.29 is 18.4 Å². The molecule has 0 spiro atoms. The molecule has 1 heterocycles. The summed E-state index contributed by atoms with van der Waals surface area (Å²) >= 11 is 0. The molecule has 2 N–H and O–H groups in total. The first-order valence-electron chi connectivity index (χ1n) is 7.89. The number of halogens is 1. The van der Waals surface area contributed by atoms with Crippen LogP contribution in [0.3, 0.4) is 0 Å². The maximum Gasteiger partial charge on any atom is 0.244 e. The number of nitrogens with one attached hydrogen (secondary N) is 2. The van der Waals surface area contributed by atoms with E-state index < -0.39 is 5.54 Å². The molecule has 2 rings (SSSR count). The number of benzene rings is 1. The highest BCUT2D eigenvalue weighted by atomic mass is 19.1. The van der Waals surface area contributed by atoms with E-state index in [-0.39, 0.29) is 24.2 Å². The SMILES string of the molecule is CC(C)(Cc1ccc(F)cc1)NC(=O)CNC(=O)/C=C\c1ccco1. The molecule has 0 aliphatic heterocycles. The van der Waals surface area contributed by atoms with Crippen molar-refractivity contribution in [1.82, 2.24) is 10.6 Å². The van der Waals surface area contributed by atoms with E-state index in [0.717, 1.165) is 5.56 Å². The van der Waals surface area contributed by atoms with Gasteiger partial charge in [0.05, 0.1) is 12.8 Å². The van der Waals surface area contributed by atoms with Gasteiger partial charge in [0.15, 0.2) is 0 Å². The van der Waals surface area contributed by atoms with Crippen molar-refractivity contribution in [3.8, 4) is 0 Å². The van der Waals surface area contributed by atoms with E-state index in [0.29, 0.717) is 12.2 Å². The smallest absolute Gasteiger partial charge is 0.244 e. The lowest BCUT2D eigenvalue weighted by Gasteiger charge is -2.26. The van der Waals surface area contributed by atoms with Crippen LogP contribution in [0.15, 0.2) is 53.2 Å². The lowest BCUT2D eigenvalue weighted by Crippen LogP contribution is -2.48. The third-order valence-electron chi connectivity index (χ3n) is 3.40. The standard InChI is InChI=1S/C19H21FN2O3/c1-19(2,12-14-5-7-15(20)8-6-14)22-18(24)13-21-17(23)10-9-16-4-3-11-25-16/h3-11H,12-13H2,1-2H3,(H,21,23)(H,22,24)/b10-9-. The second-order valence-electron chi connectivity index (χ2n) is 6.30. The van der Waals surface area contributed by atoms with Crippen molar-refractivity contribution in [3.63, 3.8) is 0 Å². The Labute approximate surface area is 145 Å². The van der Waals surface area contributed by atoms with Crippen LogP contribution in [0.5, 0.6) is 0 Å². The number of carbonyl (C=O) groups is 2. The predicted octanol–water partition coefficient (Wildman–Crippen LogP) is 2.69. The number of hydrogen-bond acceptors (Lipinski definition) is 3. The highest BCUT2D eigenvalue weighted by molar-refractivity contribution is 5.94. The molecule has 0 saturated heterocycles. The largest absolute Gasteiger partial charge is 0.465 e. The van der Waals surface area contributed by atoms with Crippen LogP contribution in [0.25, 0.3) is 6.08 Å². The zero-order chi connectivity index (χ0) is 18.3. The van der Waals surface area contributed by atoms with Crippen LogP contribution in [-0.2, 0) is 16.0 Å². The topological polar surface area (TPSA) is 71.3 Å². The fraction of sp³-hybridized carbons (Fsp3) is 0.263. The summed E-state index contributed by atoms with van der Waals surface area (Å²) in [5.41, 5.74) is 0.390. The van der Waals surface area contributed by atoms with Crippen LogP contribution in [0.1, 0.15) is 25.2 Å². The minimum absolute atomic E-state index is 0.131. The van der Waals surface area contributed by atoms with Gasteiger partial charge in [-0.25, -0.2) is 4.39 Å². The Hall–Kier alpha value is -2.89. The molecule has 25 heavy (non-hydrogen) atoms. The summed E-state index contributed by atoms with van der Waals surface area (Å²) in [5, 5.41) is 5.36. The minimum Gasteiger partial charge on any atom is -0.465 e. The fourth-order valence-electron chi connectivity index (χ4n) is 2.35. The van der Waals surface area contributed by atoms with E-state index >= 15 is 0 Å². The maximum absolute atomic E-state index is 12.9. The van der Waals surface area contributed by atoms with Crippen LogP contribution in [0, 0.1) is 5.82 Å². The Balaban J connectivity index is 1.78. The first-order valence-corrected chi connectivity index (χ1v) is 7.89. The summed E-state index contributed by atoms with van der Waals surface area (Å²) in [6.07, 6.45) is 4.88. The Morgan fingerprint density at radius 1 is 1.20 bits per heavy atom. The zero-order valence-corrected chi connectivity index (χ0v) is 14.2. The molecule has 1 aromatic carbocycles. The molecule has 0 atom stereocenters. The summed E-state index contributed by atoms with van der Waals surface area (Å²) in [7, 11) is 0. The Bertz CT molecular complexity index is 735. The van der Waals surface area contributed by atoms with Crippen LogP contribution in [-0.4, -0.2) is 23.9 Å². The van der Waals surface area contributed by atoms with Crippen molar-refractivity contribution in [1.29, 1.82) is 0 Å². The van der Waals surface area contributed by atoms with Gasteiger partial charge in [0.2, 0.25) is 11.8 Å². The molecule has 0 fully saturated rings. The van der Waals surface area contributed by atoms with E-state index in [9.17, 15) is 14.0 Å². The Kier molecular flexibility index (Phi) is 6.11. The van der Waals surface area contributed by atoms with Crippen molar-refractivity contribution in [3.05, 3.63) is 65.9 Å².